The first kappa shape index (κ1) is 17.5. The van der Waals surface area contributed by atoms with Gasteiger partial charge < -0.3 is 15.2 Å². The van der Waals surface area contributed by atoms with Crippen molar-refractivity contribution < 1.29 is 19.4 Å². The van der Waals surface area contributed by atoms with Gasteiger partial charge in [-0.3, -0.25) is 9.59 Å². The largest absolute Gasteiger partial charge is 0.483 e. The second-order valence-electron chi connectivity index (χ2n) is 4.85. The molecule has 0 radical (unpaired) electrons. The molecule has 1 atom stereocenters. The lowest BCUT2D eigenvalue weighted by molar-refractivity contribution is -0.142. The highest BCUT2D eigenvalue weighted by Crippen LogP contribution is 2.25. The molecule has 6 heteroatoms. The number of carboxylic acid groups (broad SMARTS) is 1. The molecule has 0 aliphatic carbocycles. The number of amides is 1. The Morgan fingerprint density at radius 3 is 2.71 bits per heavy atom. The van der Waals surface area contributed by atoms with Gasteiger partial charge in [-0.1, -0.05) is 19.4 Å². The van der Waals surface area contributed by atoms with Crippen LogP contribution in [0.3, 0.4) is 0 Å². The molecule has 1 unspecified atom stereocenters. The number of aryl methyl sites for hydroxylation is 1. The Morgan fingerprint density at radius 1 is 1.43 bits per heavy atom. The maximum absolute atomic E-state index is 11.7. The van der Waals surface area contributed by atoms with Crippen molar-refractivity contribution >= 4 is 27.8 Å². The molecule has 1 amide bonds. The van der Waals surface area contributed by atoms with Gasteiger partial charge >= 0.3 is 5.97 Å². The molecule has 0 aromatic heterocycles. The molecule has 2 N–H and O–H groups in total. The number of hydrogen-bond donors (Lipinski definition) is 2. The topological polar surface area (TPSA) is 75.6 Å². The molecule has 0 saturated heterocycles. The molecule has 5 nitrogen and oxygen atoms in total. The van der Waals surface area contributed by atoms with E-state index in [1.165, 1.54) is 0 Å². The van der Waals surface area contributed by atoms with Crippen LogP contribution < -0.4 is 10.1 Å². The summed E-state index contributed by atoms with van der Waals surface area (Å²) >= 11 is 3.36. The highest BCUT2D eigenvalue weighted by molar-refractivity contribution is 9.10. The lowest BCUT2D eigenvalue weighted by Gasteiger charge is -2.13. The maximum Gasteiger partial charge on any atom is 0.308 e. The van der Waals surface area contributed by atoms with E-state index in [9.17, 15) is 9.59 Å². The zero-order valence-corrected chi connectivity index (χ0v) is 13.8. The number of carboxylic acids is 1. The molecule has 0 spiro atoms. The molecule has 0 heterocycles. The van der Waals surface area contributed by atoms with Gasteiger partial charge in [0.05, 0.1) is 10.4 Å². The molecule has 0 saturated carbocycles. The summed E-state index contributed by atoms with van der Waals surface area (Å²) in [6.07, 6.45) is 1.31. The highest BCUT2D eigenvalue weighted by Gasteiger charge is 2.17. The number of ether oxygens (including phenoxy) is 1. The second kappa shape index (κ2) is 8.67. The molecule has 21 heavy (non-hydrogen) atoms. The van der Waals surface area contributed by atoms with Crippen molar-refractivity contribution in [2.75, 3.05) is 13.2 Å². The van der Waals surface area contributed by atoms with Gasteiger partial charge in [0.1, 0.15) is 5.75 Å². The molecule has 1 rings (SSSR count). The molecule has 0 aliphatic heterocycles. The van der Waals surface area contributed by atoms with Crippen molar-refractivity contribution in [3.63, 3.8) is 0 Å². The summed E-state index contributed by atoms with van der Waals surface area (Å²) in [5.41, 5.74) is 1.09. The van der Waals surface area contributed by atoms with Crippen LogP contribution in [0.1, 0.15) is 25.3 Å². The van der Waals surface area contributed by atoms with Crippen LogP contribution in [0.25, 0.3) is 0 Å². The van der Waals surface area contributed by atoms with E-state index in [4.69, 9.17) is 9.84 Å². The van der Waals surface area contributed by atoms with Gasteiger partial charge in [-0.05, 0) is 47.0 Å². The van der Waals surface area contributed by atoms with Gasteiger partial charge in [-0.2, -0.15) is 0 Å². The van der Waals surface area contributed by atoms with E-state index in [1.54, 1.807) is 6.07 Å². The predicted molar refractivity (Wildman–Crippen MR) is 83.4 cm³/mol. The summed E-state index contributed by atoms with van der Waals surface area (Å²) in [5, 5.41) is 11.6. The fraction of sp³-hybridized carbons (Fsp3) is 0.467. The molecule has 116 valence electrons. The van der Waals surface area contributed by atoms with Gasteiger partial charge in [0.2, 0.25) is 0 Å². The third-order valence-electron chi connectivity index (χ3n) is 2.98. The van der Waals surface area contributed by atoms with Crippen LogP contribution in [0.5, 0.6) is 5.75 Å². The number of hydrogen-bond acceptors (Lipinski definition) is 3. The molecule has 0 fully saturated rings. The minimum absolute atomic E-state index is 0.125. The van der Waals surface area contributed by atoms with Gasteiger partial charge in [0.25, 0.3) is 5.91 Å². The van der Waals surface area contributed by atoms with E-state index in [-0.39, 0.29) is 19.1 Å². The average Bonchev–Trinajstić information content (AvgIpc) is 2.42. The Balaban J connectivity index is 2.41. The fourth-order valence-electron chi connectivity index (χ4n) is 1.82. The van der Waals surface area contributed by atoms with E-state index in [0.717, 1.165) is 16.5 Å². The highest BCUT2D eigenvalue weighted by atomic mass is 79.9. The quantitative estimate of drug-likeness (QED) is 0.749. The van der Waals surface area contributed by atoms with Crippen molar-refractivity contribution in [1.29, 1.82) is 0 Å². The van der Waals surface area contributed by atoms with Crippen molar-refractivity contribution in [2.45, 2.75) is 26.7 Å². The molecule has 0 aliphatic rings. The van der Waals surface area contributed by atoms with Gasteiger partial charge in [-0.25, -0.2) is 0 Å². The summed E-state index contributed by atoms with van der Waals surface area (Å²) in [7, 11) is 0. The van der Waals surface area contributed by atoms with E-state index < -0.39 is 11.9 Å². The van der Waals surface area contributed by atoms with Crippen molar-refractivity contribution in [2.24, 2.45) is 5.92 Å². The normalized spacial score (nSPS) is 11.8. The van der Waals surface area contributed by atoms with Crippen molar-refractivity contribution in [3.8, 4) is 5.75 Å². The van der Waals surface area contributed by atoms with Crippen LogP contribution >= 0.6 is 15.9 Å². The number of rotatable bonds is 8. The average molecular weight is 358 g/mol. The van der Waals surface area contributed by atoms with E-state index in [1.807, 2.05) is 26.0 Å². The molecule has 0 bridgehead atoms. The maximum atomic E-state index is 11.7. The third kappa shape index (κ3) is 6.16. The summed E-state index contributed by atoms with van der Waals surface area (Å²) in [6, 6.07) is 5.57. The zero-order chi connectivity index (χ0) is 15.8. The Morgan fingerprint density at radius 2 is 2.14 bits per heavy atom. The fourth-order valence-corrected chi connectivity index (χ4v) is 2.42. The van der Waals surface area contributed by atoms with Crippen LogP contribution in [0.15, 0.2) is 22.7 Å². The summed E-state index contributed by atoms with van der Waals surface area (Å²) in [5.74, 6) is -1.19. The van der Waals surface area contributed by atoms with Gasteiger partial charge in [0.15, 0.2) is 6.61 Å². The number of nitrogens with one attached hydrogen (secondary N) is 1. The summed E-state index contributed by atoms with van der Waals surface area (Å²) in [6.45, 7) is 3.86. The SMILES string of the molecule is CCCC(CNC(=O)COc1ccc(C)cc1Br)C(=O)O. The Labute approximate surface area is 132 Å². The first-order valence-corrected chi connectivity index (χ1v) is 7.61. The lowest BCUT2D eigenvalue weighted by Crippen LogP contribution is -2.35. The molecule has 1 aromatic carbocycles. The summed E-state index contributed by atoms with van der Waals surface area (Å²) < 4.78 is 6.18. The number of halogens is 1. The van der Waals surface area contributed by atoms with Crippen LogP contribution in [0.4, 0.5) is 0 Å². The van der Waals surface area contributed by atoms with E-state index >= 15 is 0 Å². The van der Waals surface area contributed by atoms with Crippen LogP contribution in [0.2, 0.25) is 0 Å². The first-order valence-electron chi connectivity index (χ1n) is 6.82. The zero-order valence-electron chi connectivity index (χ0n) is 12.2. The van der Waals surface area contributed by atoms with Gasteiger partial charge in [0, 0.05) is 6.54 Å². The number of carbonyl (C=O) groups is 2. The molecular formula is C15H20BrNO4. The minimum atomic E-state index is -0.889. The predicted octanol–water partition coefficient (Wildman–Crippen LogP) is 2.75. The number of aliphatic carboxylic acids is 1. The number of carbonyl (C=O) groups excluding carboxylic acids is 1. The number of benzene rings is 1. The van der Waals surface area contributed by atoms with E-state index in [0.29, 0.717) is 12.2 Å². The van der Waals surface area contributed by atoms with Crippen molar-refractivity contribution in [1.82, 2.24) is 5.32 Å². The standard InChI is InChI=1S/C15H20BrNO4/c1-3-4-11(15(19)20)8-17-14(18)9-21-13-6-5-10(2)7-12(13)16/h5-7,11H,3-4,8-9H2,1-2H3,(H,17,18)(H,19,20). The first-order chi connectivity index (χ1) is 9.93. The Hall–Kier alpha value is -1.56. The smallest absolute Gasteiger partial charge is 0.308 e. The second-order valence-corrected chi connectivity index (χ2v) is 5.70. The monoisotopic (exact) mass is 357 g/mol. The molecular weight excluding hydrogens is 338 g/mol. The van der Waals surface area contributed by atoms with Crippen LogP contribution in [-0.2, 0) is 9.59 Å². The third-order valence-corrected chi connectivity index (χ3v) is 3.60. The van der Waals surface area contributed by atoms with E-state index in [2.05, 4.69) is 21.2 Å². The van der Waals surface area contributed by atoms with Crippen LogP contribution in [-0.4, -0.2) is 30.1 Å². The minimum Gasteiger partial charge on any atom is -0.483 e. The van der Waals surface area contributed by atoms with Gasteiger partial charge in [-0.15, -0.1) is 0 Å². The van der Waals surface area contributed by atoms with Crippen LogP contribution in [0, 0.1) is 12.8 Å². The molecule has 1 aromatic rings. The lowest BCUT2D eigenvalue weighted by atomic mass is 10.0. The Bertz CT molecular complexity index is 504. The summed E-state index contributed by atoms with van der Waals surface area (Å²) in [4.78, 5) is 22.7. The van der Waals surface area contributed by atoms with Crippen molar-refractivity contribution in [3.05, 3.63) is 28.2 Å². The Kier molecular flexibility index (Phi) is 7.22.